The van der Waals surface area contributed by atoms with E-state index in [-0.39, 0.29) is 11.9 Å². The summed E-state index contributed by atoms with van der Waals surface area (Å²) in [5, 5.41) is 2.72. The fourth-order valence-corrected chi connectivity index (χ4v) is 3.71. The van der Waals surface area contributed by atoms with E-state index in [9.17, 15) is 9.59 Å². The van der Waals surface area contributed by atoms with Gasteiger partial charge in [0, 0.05) is 25.8 Å². The number of ether oxygens (including phenoxy) is 5. The Hall–Kier alpha value is -1.66. The first-order valence-electron chi connectivity index (χ1n) is 11.3. The number of rotatable bonds is 17. The molecule has 8 nitrogen and oxygen atoms in total. The Labute approximate surface area is 185 Å². The molecular formula is C23H37NO7. The number of nitrogens with one attached hydrogen (secondary N) is 1. The first kappa shape index (κ1) is 25.6. The van der Waals surface area contributed by atoms with Crippen molar-refractivity contribution in [1.82, 2.24) is 5.32 Å². The van der Waals surface area contributed by atoms with Crippen molar-refractivity contribution in [3.05, 3.63) is 0 Å². The Morgan fingerprint density at radius 2 is 1.32 bits per heavy atom. The highest BCUT2D eigenvalue weighted by Gasteiger charge is 2.49. The zero-order chi connectivity index (χ0) is 22.2. The number of fused-ring (bicyclic) bond motifs is 1. The van der Waals surface area contributed by atoms with Gasteiger partial charge in [-0.3, -0.25) is 4.79 Å². The van der Waals surface area contributed by atoms with E-state index < -0.39 is 0 Å². The lowest BCUT2D eigenvalue weighted by Crippen LogP contribution is -2.29. The quantitative estimate of drug-likeness (QED) is 0.274. The van der Waals surface area contributed by atoms with E-state index in [0.717, 1.165) is 25.7 Å². The third-order valence-corrected chi connectivity index (χ3v) is 5.48. The number of hydrogen-bond acceptors (Lipinski definition) is 7. The standard InChI is InChI=1S/C23H37NO7/c1-19(25)8-10-27-12-14-29-16-17-30-15-13-28-11-9-24-23(26)31-18-22-20-6-4-2-3-5-7-21(20)22/h20-22H,4-18H2,1H3,(H,24,26)/t20-,21+,22-. The molecule has 2 aliphatic carbocycles. The van der Waals surface area contributed by atoms with E-state index in [0.29, 0.717) is 90.2 Å². The van der Waals surface area contributed by atoms with Crippen LogP contribution < -0.4 is 5.32 Å². The zero-order valence-electron chi connectivity index (χ0n) is 18.7. The molecule has 0 unspecified atom stereocenters. The molecule has 0 radical (unpaired) electrons. The zero-order valence-corrected chi connectivity index (χ0v) is 18.7. The van der Waals surface area contributed by atoms with Crippen molar-refractivity contribution < 1.29 is 33.3 Å². The number of Topliss-reactive ketones (excluding diaryl/α,β-unsaturated/α-hetero) is 1. The summed E-state index contributed by atoms with van der Waals surface area (Å²) in [5.41, 5.74) is 0. The van der Waals surface area contributed by atoms with Crippen LogP contribution in [0.15, 0.2) is 0 Å². The van der Waals surface area contributed by atoms with Crippen molar-refractivity contribution >= 4 is 11.9 Å². The molecule has 0 heterocycles. The number of alkyl carbamates (subject to hydrolysis) is 1. The van der Waals surface area contributed by atoms with Crippen LogP contribution >= 0.6 is 0 Å². The van der Waals surface area contributed by atoms with Crippen molar-refractivity contribution in [2.45, 2.75) is 39.0 Å². The summed E-state index contributed by atoms with van der Waals surface area (Å²) in [6.07, 6.45) is 4.26. The Bertz CT molecular complexity index is 568. The predicted octanol–water partition coefficient (Wildman–Crippen LogP) is 2.20. The van der Waals surface area contributed by atoms with Crippen molar-refractivity contribution in [2.24, 2.45) is 17.8 Å². The van der Waals surface area contributed by atoms with Crippen molar-refractivity contribution in [2.75, 3.05) is 66.0 Å². The molecule has 0 aromatic heterocycles. The summed E-state index contributed by atoms with van der Waals surface area (Å²) < 4.78 is 26.8. The van der Waals surface area contributed by atoms with E-state index in [4.69, 9.17) is 23.7 Å². The maximum absolute atomic E-state index is 11.8. The summed E-state index contributed by atoms with van der Waals surface area (Å²) in [6.45, 7) is 6.17. The summed E-state index contributed by atoms with van der Waals surface area (Å²) in [4.78, 5) is 22.5. The van der Waals surface area contributed by atoms with Gasteiger partial charge in [0.05, 0.1) is 59.5 Å². The van der Waals surface area contributed by atoms with Crippen LogP contribution in [0.5, 0.6) is 0 Å². The van der Waals surface area contributed by atoms with E-state index in [1.165, 1.54) is 0 Å². The number of ketones is 1. The maximum Gasteiger partial charge on any atom is 0.407 e. The smallest absolute Gasteiger partial charge is 0.407 e. The van der Waals surface area contributed by atoms with Crippen molar-refractivity contribution in [3.8, 4) is 11.8 Å². The van der Waals surface area contributed by atoms with Gasteiger partial charge >= 0.3 is 6.09 Å². The van der Waals surface area contributed by atoms with Crippen LogP contribution in [-0.4, -0.2) is 77.9 Å². The van der Waals surface area contributed by atoms with Gasteiger partial charge in [0.25, 0.3) is 0 Å². The van der Waals surface area contributed by atoms with Gasteiger partial charge in [-0.1, -0.05) is 0 Å². The Morgan fingerprint density at radius 1 is 0.806 bits per heavy atom. The van der Waals surface area contributed by atoms with Gasteiger partial charge in [-0.05, 0) is 37.5 Å². The van der Waals surface area contributed by atoms with Gasteiger partial charge in [0.2, 0.25) is 0 Å². The number of amides is 1. The molecule has 31 heavy (non-hydrogen) atoms. The average Bonchev–Trinajstić information content (AvgIpc) is 3.38. The fraction of sp³-hybridized carbons (Fsp3) is 0.826. The second kappa shape index (κ2) is 16.0. The minimum absolute atomic E-state index is 0.125. The van der Waals surface area contributed by atoms with Crippen molar-refractivity contribution in [3.63, 3.8) is 0 Å². The van der Waals surface area contributed by atoms with Crippen LogP contribution in [0, 0.1) is 29.6 Å². The van der Waals surface area contributed by atoms with Crippen LogP contribution in [0.25, 0.3) is 0 Å². The van der Waals surface area contributed by atoms with Crippen LogP contribution in [0.3, 0.4) is 0 Å². The van der Waals surface area contributed by atoms with E-state index >= 15 is 0 Å². The number of hydrogen-bond donors (Lipinski definition) is 1. The molecule has 0 aromatic rings. The summed E-state index contributed by atoms with van der Waals surface area (Å²) in [5.74, 6) is 8.37. The molecule has 0 saturated heterocycles. The first-order valence-corrected chi connectivity index (χ1v) is 11.3. The maximum atomic E-state index is 11.8. The molecule has 2 rings (SSSR count). The number of carbonyl (C=O) groups excluding carboxylic acids is 2. The summed E-state index contributed by atoms with van der Waals surface area (Å²) >= 11 is 0. The second-order valence-electron chi connectivity index (χ2n) is 7.85. The third-order valence-electron chi connectivity index (χ3n) is 5.48. The molecule has 1 saturated carbocycles. The van der Waals surface area contributed by atoms with Gasteiger partial charge in [-0.15, -0.1) is 11.8 Å². The lowest BCUT2D eigenvalue weighted by molar-refractivity contribution is -0.118. The fourth-order valence-electron chi connectivity index (χ4n) is 3.71. The average molecular weight is 440 g/mol. The molecular weight excluding hydrogens is 402 g/mol. The monoisotopic (exact) mass is 439 g/mol. The molecule has 8 heteroatoms. The lowest BCUT2D eigenvalue weighted by Gasteiger charge is -2.08. The van der Waals surface area contributed by atoms with Crippen LogP contribution in [-0.2, 0) is 28.5 Å². The normalized spacial score (nSPS) is 21.8. The van der Waals surface area contributed by atoms with E-state index in [1.807, 2.05) is 0 Å². The molecule has 1 fully saturated rings. The topological polar surface area (TPSA) is 92.3 Å². The van der Waals surface area contributed by atoms with Gasteiger partial charge in [0.15, 0.2) is 0 Å². The van der Waals surface area contributed by atoms with Crippen LogP contribution in [0.4, 0.5) is 4.79 Å². The summed E-state index contributed by atoms with van der Waals surface area (Å²) in [6, 6.07) is 0. The lowest BCUT2D eigenvalue weighted by atomic mass is 10.1. The molecule has 1 amide bonds. The van der Waals surface area contributed by atoms with Gasteiger partial charge in [-0.25, -0.2) is 4.79 Å². The minimum atomic E-state index is -0.377. The molecule has 0 bridgehead atoms. The molecule has 0 spiro atoms. The molecule has 2 aliphatic rings. The molecule has 0 aliphatic heterocycles. The van der Waals surface area contributed by atoms with Crippen molar-refractivity contribution in [1.29, 1.82) is 0 Å². The molecule has 3 atom stereocenters. The molecule has 1 N–H and O–H groups in total. The largest absolute Gasteiger partial charge is 0.449 e. The van der Waals surface area contributed by atoms with Crippen LogP contribution in [0.2, 0.25) is 0 Å². The third kappa shape index (κ3) is 12.1. The predicted molar refractivity (Wildman–Crippen MR) is 115 cm³/mol. The highest BCUT2D eigenvalue weighted by Crippen LogP contribution is 2.52. The van der Waals surface area contributed by atoms with Gasteiger partial charge in [-0.2, -0.15) is 0 Å². The number of carbonyl (C=O) groups is 2. The molecule has 0 aromatic carbocycles. The summed E-state index contributed by atoms with van der Waals surface area (Å²) in [7, 11) is 0. The van der Waals surface area contributed by atoms with E-state index in [2.05, 4.69) is 17.2 Å². The Kier molecular flexibility index (Phi) is 13.2. The van der Waals surface area contributed by atoms with Gasteiger partial charge in [0.1, 0.15) is 5.78 Å². The highest BCUT2D eigenvalue weighted by atomic mass is 16.6. The van der Waals surface area contributed by atoms with Crippen LogP contribution in [0.1, 0.15) is 39.0 Å². The Morgan fingerprint density at radius 3 is 1.87 bits per heavy atom. The first-order chi connectivity index (χ1) is 15.2. The minimum Gasteiger partial charge on any atom is -0.449 e. The molecule has 176 valence electrons. The highest BCUT2D eigenvalue weighted by molar-refractivity contribution is 5.75. The Balaban J connectivity index is 1.29. The SMILES string of the molecule is CC(=O)CCOCCOCCOCCOCCNC(=O)OC[C@@H]1[C@@H]2CCC#CCC[C@@H]21. The van der Waals surface area contributed by atoms with E-state index in [1.54, 1.807) is 6.92 Å². The second-order valence-corrected chi connectivity index (χ2v) is 7.85. The van der Waals surface area contributed by atoms with Gasteiger partial charge < -0.3 is 29.0 Å².